The van der Waals surface area contributed by atoms with E-state index in [1.54, 1.807) is 22.4 Å². The quantitative estimate of drug-likeness (QED) is 0.674. The molecule has 1 N–H and O–H groups in total. The van der Waals surface area contributed by atoms with Crippen LogP contribution >= 0.6 is 24.0 Å². The Bertz CT molecular complexity index is 870. The van der Waals surface area contributed by atoms with Crippen LogP contribution in [0.2, 0.25) is 0 Å². The highest BCUT2D eigenvalue weighted by molar-refractivity contribution is 7.97. The lowest BCUT2D eigenvalue weighted by atomic mass is 10.1. The van der Waals surface area contributed by atoms with Gasteiger partial charge in [-0.2, -0.15) is 5.10 Å². The predicted octanol–water partition coefficient (Wildman–Crippen LogP) is 4.81. The summed E-state index contributed by atoms with van der Waals surface area (Å²) in [4.78, 5) is 0. The average Bonchev–Trinajstić information content (AvgIpc) is 2.90. The van der Waals surface area contributed by atoms with Gasteiger partial charge in [0.25, 0.3) is 0 Å². The molecule has 2 aromatic carbocycles. The summed E-state index contributed by atoms with van der Waals surface area (Å²) in [6.45, 7) is 2.11. The predicted molar refractivity (Wildman–Crippen MR) is 94.9 cm³/mol. The Kier molecular flexibility index (Phi) is 4.93. The zero-order valence-corrected chi connectivity index (χ0v) is 14.3. The van der Waals surface area contributed by atoms with E-state index >= 15 is 0 Å². The minimum Gasteiger partial charge on any atom is -0.271 e. The van der Waals surface area contributed by atoms with Crippen molar-refractivity contribution in [3.05, 3.63) is 76.1 Å². The number of benzene rings is 2. The second kappa shape index (κ2) is 7.10. The van der Waals surface area contributed by atoms with Gasteiger partial charge >= 0.3 is 0 Å². The summed E-state index contributed by atoms with van der Waals surface area (Å²) >= 11 is 7.03. The Labute approximate surface area is 143 Å². The summed E-state index contributed by atoms with van der Waals surface area (Å²) in [6.07, 6.45) is 0. The lowest BCUT2D eigenvalue weighted by Crippen LogP contribution is -2.01. The molecule has 3 rings (SSSR count). The van der Waals surface area contributed by atoms with Crippen molar-refractivity contribution in [2.75, 3.05) is 0 Å². The van der Waals surface area contributed by atoms with Gasteiger partial charge in [-0.15, -0.1) is 11.8 Å². The molecule has 0 amide bonds. The van der Waals surface area contributed by atoms with E-state index in [1.807, 2.05) is 18.2 Å². The summed E-state index contributed by atoms with van der Waals surface area (Å²) in [5.74, 6) is 2.09. The van der Waals surface area contributed by atoms with Crippen LogP contribution in [0, 0.1) is 17.5 Å². The van der Waals surface area contributed by atoms with Crippen molar-refractivity contribution in [2.24, 2.45) is 0 Å². The van der Waals surface area contributed by atoms with E-state index in [9.17, 15) is 4.39 Å². The molecule has 0 aliphatic rings. The molecule has 0 fully saturated rings. The molecular formula is C17H16FN3S2. The number of H-pyrrole nitrogens is 1. The molecule has 0 saturated heterocycles. The molecule has 118 valence electrons. The topological polar surface area (TPSA) is 33.6 Å². The molecule has 3 nitrogen and oxygen atoms in total. The van der Waals surface area contributed by atoms with E-state index < -0.39 is 0 Å². The van der Waals surface area contributed by atoms with Crippen molar-refractivity contribution in [1.82, 2.24) is 14.8 Å². The van der Waals surface area contributed by atoms with Gasteiger partial charge < -0.3 is 0 Å². The molecule has 0 saturated carbocycles. The molecule has 0 atom stereocenters. The largest absolute Gasteiger partial charge is 0.271 e. The second-order valence-corrected chi connectivity index (χ2v) is 6.55. The van der Waals surface area contributed by atoms with Gasteiger partial charge in [0.2, 0.25) is 0 Å². The van der Waals surface area contributed by atoms with Crippen LogP contribution in [0.25, 0.3) is 5.69 Å². The molecule has 0 radical (unpaired) electrons. The molecule has 1 aromatic heterocycles. The van der Waals surface area contributed by atoms with Gasteiger partial charge in [0.05, 0.1) is 11.4 Å². The van der Waals surface area contributed by atoms with Crippen LogP contribution in [0.1, 0.15) is 17.0 Å². The zero-order valence-electron chi connectivity index (χ0n) is 12.6. The number of nitrogens with one attached hydrogen (secondary N) is 1. The fourth-order valence-corrected chi connectivity index (χ4v) is 3.61. The summed E-state index contributed by atoms with van der Waals surface area (Å²) < 4.78 is 15.7. The van der Waals surface area contributed by atoms with Crippen LogP contribution in [0.5, 0.6) is 0 Å². The Hall–Kier alpha value is -1.92. The van der Waals surface area contributed by atoms with Crippen molar-refractivity contribution in [3.63, 3.8) is 0 Å². The highest BCUT2D eigenvalue weighted by atomic mass is 32.2. The van der Waals surface area contributed by atoms with E-state index in [0.717, 1.165) is 11.6 Å². The van der Waals surface area contributed by atoms with Crippen molar-refractivity contribution in [2.45, 2.75) is 18.4 Å². The van der Waals surface area contributed by atoms with Crippen molar-refractivity contribution >= 4 is 24.0 Å². The van der Waals surface area contributed by atoms with Gasteiger partial charge in [-0.3, -0.25) is 9.67 Å². The fraction of sp³-hybridized carbons (Fsp3) is 0.176. The molecule has 3 aromatic rings. The summed E-state index contributed by atoms with van der Waals surface area (Å²) in [7, 11) is 0. The van der Waals surface area contributed by atoms with Gasteiger partial charge in [-0.25, -0.2) is 4.39 Å². The molecule has 0 aliphatic heterocycles. The number of rotatable bonds is 5. The normalized spacial score (nSPS) is 10.9. The third kappa shape index (κ3) is 3.71. The van der Waals surface area contributed by atoms with E-state index in [1.165, 1.54) is 23.3 Å². The molecule has 0 aliphatic carbocycles. The molecule has 23 heavy (non-hydrogen) atoms. The number of thioether (sulfide) groups is 1. The number of aromatic amines is 1. The van der Waals surface area contributed by atoms with Gasteiger partial charge in [0.1, 0.15) is 11.6 Å². The highest BCUT2D eigenvalue weighted by Crippen LogP contribution is 2.21. The van der Waals surface area contributed by atoms with E-state index in [2.05, 4.69) is 29.3 Å². The monoisotopic (exact) mass is 345 g/mol. The van der Waals surface area contributed by atoms with Crippen molar-refractivity contribution < 1.29 is 4.39 Å². The minimum absolute atomic E-state index is 0.288. The van der Waals surface area contributed by atoms with E-state index in [0.29, 0.717) is 16.2 Å². The molecule has 1 heterocycles. The maximum Gasteiger partial charge on any atom is 0.199 e. The number of halogens is 1. The molecule has 0 unspecified atom stereocenters. The molecular weight excluding hydrogens is 329 g/mol. The lowest BCUT2D eigenvalue weighted by Gasteiger charge is -2.08. The van der Waals surface area contributed by atoms with Crippen LogP contribution in [0.3, 0.4) is 0 Å². The molecule has 0 spiro atoms. The summed E-state index contributed by atoms with van der Waals surface area (Å²) in [5.41, 5.74) is 3.28. The van der Waals surface area contributed by atoms with Crippen molar-refractivity contribution in [3.8, 4) is 5.69 Å². The standard InChI is InChI=1S/C17H16FN3S2/c1-12-5-2-3-6-13(12)10-23-11-16-19-20-17(22)21(16)15-8-4-7-14(18)9-15/h2-9H,10-11H2,1H3,(H,20,22). The maximum absolute atomic E-state index is 13.5. The van der Waals surface area contributed by atoms with Gasteiger partial charge in [-0.05, 0) is 48.5 Å². The first-order valence-corrected chi connectivity index (χ1v) is 8.76. The SMILES string of the molecule is Cc1ccccc1CSCc1n[nH]c(=S)n1-c1cccc(F)c1. The average molecular weight is 345 g/mol. The Morgan fingerprint density at radius 2 is 2.00 bits per heavy atom. The number of nitrogens with zero attached hydrogens (tertiary/aromatic N) is 2. The van der Waals surface area contributed by atoms with Crippen LogP contribution in [-0.4, -0.2) is 14.8 Å². The van der Waals surface area contributed by atoms with Crippen LogP contribution in [-0.2, 0) is 11.5 Å². The third-order valence-corrected chi connectivity index (χ3v) is 4.81. The van der Waals surface area contributed by atoms with Crippen LogP contribution < -0.4 is 0 Å². The first kappa shape index (κ1) is 16.0. The smallest absolute Gasteiger partial charge is 0.199 e. The second-order valence-electron chi connectivity index (χ2n) is 5.18. The zero-order chi connectivity index (χ0) is 16.2. The Morgan fingerprint density at radius 1 is 1.17 bits per heavy atom. The van der Waals surface area contributed by atoms with Gasteiger partial charge in [0, 0.05) is 5.75 Å². The maximum atomic E-state index is 13.5. The van der Waals surface area contributed by atoms with Crippen molar-refractivity contribution in [1.29, 1.82) is 0 Å². The summed E-state index contributed by atoms with van der Waals surface area (Å²) in [6, 6.07) is 14.7. The van der Waals surface area contributed by atoms with Crippen LogP contribution in [0.4, 0.5) is 4.39 Å². The summed E-state index contributed by atoms with van der Waals surface area (Å²) in [5, 5.41) is 7.07. The minimum atomic E-state index is -0.288. The lowest BCUT2D eigenvalue weighted by molar-refractivity contribution is 0.626. The van der Waals surface area contributed by atoms with E-state index in [4.69, 9.17) is 12.2 Å². The number of aromatic nitrogens is 3. The number of hydrogen-bond donors (Lipinski definition) is 1. The number of aryl methyl sites for hydroxylation is 1. The van der Waals surface area contributed by atoms with Gasteiger partial charge in [0.15, 0.2) is 4.77 Å². The van der Waals surface area contributed by atoms with E-state index in [-0.39, 0.29) is 5.82 Å². The third-order valence-electron chi connectivity index (χ3n) is 3.56. The fourth-order valence-electron chi connectivity index (χ4n) is 2.33. The van der Waals surface area contributed by atoms with Crippen LogP contribution in [0.15, 0.2) is 48.5 Å². The highest BCUT2D eigenvalue weighted by Gasteiger charge is 2.09. The first-order valence-electron chi connectivity index (χ1n) is 7.19. The first-order chi connectivity index (χ1) is 11.1. The number of hydrogen-bond acceptors (Lipinski definition) is 3. The Morgan fingerprint density at radius 3 is 2.78 bits per heavy atom. The molecule has 0 bridgehead atoms. The Balaban J connectivity index is 1.77. The molecule has 6 heteroatoms. The van der Waals surface area contributed by atoms with Gasteiger partial charge in [-0.1, -0.05) is 30.3 Å².